The molecule has 2 aromatic carbocycles. The third kappa shape index (κ3) is 4.78. The Labute approximate surface area is 245 Å². The Morgan fingerprint density at radius 3 is 2.50 bits per heavy atom. The standard InChI is InChI=1S/C32H39F3N2O4S/c1-19-17-37(42(40,41)29-7-5-4-6-27(29)32(33,34)35)20(2)16-36(19)18-22-14-25-21(15-28(22)38)8-9-24-23(25)12-13-31(3)26(24)10-11-30(31)39/h4-7,14-15,19-20,23-24,26,38H,8-13,16-18H2,1-3H3/t19?,20?,23-,24+,26-,31-/m0/s1. The van der Waals surface area contributed by atoms with Gasteiger partial charge in [0.15, 0.2) is 0 Å². The molecular formula is C32H39F3N2O4S. The van der Waals surface area contributed by atoms with Gasteiger partial charge in [0.2, 0.25) is 10.0 Å². The average Bonchev–Trinajstić information content (AvgIpc) is 3.24. The van der Waals surface area contributed by atoms with Crippen LogP contribution in [0.3, 0.4) is 0 Å². The first-order valence-corrected chi connectivity index (χ1v) is 16.5. The van der Waals surface area contributed by atoms with Crippen LogP contribution in [-0.2, 0) is 34.0 Å². The fourth-order valence-corrected chi connectivity index (χ4v) is 10.5. The number of rotatable bonds is 4. The summed E-state index contributed by atoms with van der Waals surface area (Å²) in [6.45, 7) is 6.51. The van der Waals surface area contributed by atoms with Crippen LogP contribution in [0.2, 0.25) is 0 Å². The summed E-state index contributed by atoms with van der Waals surface area (Å²) in [5.41, 5.74) is 1.86. The summed E-state index contributed by atoms with van der Waals surface area (Å²) in [6, 6.07) is 7.50. The van der Waals surface area contributed by atoms with Crippen LogP contribution in [0.4, 0.5) is 13.2 Å². The van der Waals surface area contributed by atoms with E-state index in [1.807, 2.05) is 13.0 Å². The van der Waals surface area contributed by atoms with Crippen LogP contribution in [0.25, 0.3) is 0 Å². The number of sulfonamides is 1. The van der Waals surface area contributed by atoms with Crippen molar-refractivity contribution in [1.29, 1.82) is 0 Å². The summed E-state index contributed by atoms with van der Waals surface area (Å²) in [7, 11) is -4.39. The van der Waals surface area contributed by atoms with Crippen molar-refractivity contribution in [3.63, 3.8) is 0 Å². The van der Waals surface area contributed by atoms with Crippen molar-refractivity contribution in [3.05, 3.63) is 58.7 Å². The summed E-state index contributed by atoms with van der Waals surface area (Å²) in [6.07, 6.45) is 0.638. The van der Waals surface area contributed by atoms with Gasteiger partial charge in [-0.05, 0) is 93.0 Å². The van der Waals surface area contributed by atoms with E-state index >= 15 is 0 Å². The van der Waals surface area contributed by atoms with Gasteiger partial charge < -0.3 is 5.11 Å². The Hall–Kier alpha value is -2.43. The summed E-state index contributed by atoms with van der Waals surface area (Å²) in [5.74, 6) is 1.87. The van der Waals surface area contributed by atoms with Crippen molar-refractivity contribution >= 4 is 15.8 Å². The van der Waals surface area contributed by atoms with Crippen LogP contribution >= 0.6 is 0 Å². The van der Waals surface area contributed by atoms with Crippen LogP contribution in [0, 0.1) is 17.3 Å². The quantitative estimate of drug-likeness (QED) is 0.455. The van der Waals surface area contributed by atoms with Gasteiger partial charge in [0.1, 0.15) is 11.5 Å². The number of carbonyl (C=O) groups excluding carboxylic acids is 1. The van der Waals surface area contributed by atoms with E-state index in [-0.39, 0.29) is 23.8 Å². The topological polar surface area (TPSA) is 77.9 Å². The molecule has 0 amide bonds. The molecule has 2 aromatic rings. The molecule has 0 spiro atoms. The van der Waals surface area contributed by atoms with Gasteiger partial charge in [0.25, 0.3) is 0 Å². The van der Waals surface area contributed by atoms with E-state index in [9.17, 15) is 31.5 Å². The zero-order chi connectivity index (χ0) is 30.2. The molecule has 6 rings (SSSR count). The number of hydrogen-bond donors (Lipinski definition) is 1. The molecule has 10 heteroatoms. The van der Waals surface area contributed by atoms with Gasteiger partial charge in [-0.1, -0.05) is 25.1 Å². The largest absolute Gasteiger partial charge is 0.508 e. The summed E-state index contributed by atoms with van der Waals surface area (Å²) in [4.78, 5) is 14.1. The van der Waals surface area contributed by atoms with Gasteiger partial charge >= 0.3 is 6.18 Å². The Morgan fingerprint density at radius 2 is 1.76 bits per heavy atom. The van der Waals surface area contributed by atoms with E-state index in [4.69, 9.17) is 0 Å². The molecular weight excluding hydrogens is 565 g/mol. The third-order valence-corrected chi connectivity index (χ3v) is 12.9. The number of hydrogen-bond acceptors (Lipinski definition) is 5. The van der Waals surface area contributed by atoms with Crippen molar-refractivity contribution < 1.29 is 31.5 Å². The van der Waals surface area contributed by atoms with E-state index in [0.29, 0.717) is 43.0 Å². The molecule has 4 aliphatic rings. The van der Waals surface area contributed by atoms with Gasteiger partial charge in [-0.2, -0.15) is 17.5 Å². The van der Waals surface area contributed by atoms with E-state index < -0.39 is 32.7 Å². The predicted molar refractivity (Wildman–Crippen MR) is 152 cm³/mol. The minimum atomic E-state index is -4.78. The normalized spacial score (nSPS) is 32.3. The Balaban J connectivity index is 1.22. The van der Waals surface area contributed by atoms with Crippen molar-refractivity contribution in [2.75, 3.05) is 13.1 Å². The van der Waals surface area contributed by atoms with E-state index in [2.05, 4.69) is 17.9 Å². The summed E-state index contributed by atoms with van der Waals surface area (Å²) >= 11 is 0. The van der Waals surface area contributed by atoms with Crippen LogP contribution in [0.1, 0.15) is 81.0 Å². The number of Topliss-reactive ketones (excluding diaryl/α,β-unsaturated/α-hetero) is 1. The lowest BCUT2D eigenvalue weighted by atomic mass is 9.55. The zero-order valence-electron chi connectivity index (χ0n) is 24.3. The van der Waals surface area contributed by atoms with Crippen LogP contribution < -0.4 is 0 Å². The second-order valence-corrected chi connectivity index (χ2v) is 15.1. The number of fused-ring (bicyclic) bond motifs is 5. The molecule has 3 aliphatic carbocycles. The molecule has 2 unspecified atom stereocenters. The van der Waals surface area contributed by atoms with Gasteiger partial charge in [0, 0.05) is 49.1 Å². The Bertz CT molecular complexity index is 1510. The Kier molecular flexibility index (Phi) is 7.29. The zero-order valence-corrected chi connectivity index (χ0v) is 25.1. The number of piperazine rings is 1. The number of aryl methyl sites for hydroxylation is 1. The predicted octanol–water partition coefficient (Wildman–Crippen LogP) is 6.12. The first-order chi connectivity index (χ1) is 19.7. The number of carbonyl (C=O) groups is 1. The summed E-state index contributed by atoms with van der Waals surface area (Å²) < 4.78 is 69.1. The molecule has 1 heterocycles. The molecule has 0 radical (unpaired) electrons. The number of nitrogens with zero attached hydrogens (tertiary/aromatic N) is 2. The van der Waals surface area contributed by atoms with Gasteiger partial charge in [-0.15, -0.1) is 0 Å². The smallest absolute Gasteiger partial charge is 0.417 e. The van der Waals surface area contributed by atoms with E-state index in [0.717, 1.165) is 49.8 Å². The van der Waals surface area contributed by atoms with Gasteiger partial charge in [-0.25, -0.2) is 8.42 Å². The molecule has 6 atom stereocenters. The summed E-state index contributed by atoms with van der Waals surface area (Å²) in [5, 5.41) is 11.0. The number of aromatic hydroxyl groups is 1. The number of halogens is 3. The fraction of sp³-hybridized carbons (Fsp3) is 0.594. The van der Waals surface area contributed by atoms with Crippen LogP contribution in [0.5, 0.6) is 5.75 Å². The van der Waals surface area contributed by atoms with Crippen LogP contribution in [-0.4, -0.2) is 53.7 Å². The first-order valence-electron chi connectivity index (χ1n) is 15.0. The highest BCUT2D eigenvalue weighted by atomic mass is 32.2. The maximum atomic E-state index is 13.7. The molecule has 1 saturated heterocycles. The lowest BCUT2D eigenvalue weighted by Crippen LogP contribution is -2.57. The number of benzene rings is 2. The highest BCUT2D eigenvalue weighted by molar-refractivity contribution is 7.89. The molecule has 3 fully saturated rings. The first kappa shape index (κ1) is 29.6. The average molecular weight is 605 g/mol. The molecule has 2 saturated carbocycles. The second kappa shape index (κ2) is 10.3. The highest BCUT2D eigenvalue weighted by Crippen LogP contribution is 2.59. The van der Waals surface area contributed by atoms with Crippen molar-refractivity contribution in [2.24, 2.45) is 17.3 Å². The van der Waals surface area contributed by atoms with E-state index in [1.165, 1.54) is 27.6 Å². The number of ketones is 1. The maximum absolute atomic E-state index is 13.7. The lowest BCUT2D eigenvalue weighted by molar-refractivity contribution is -0.140. The van der Waals surface area contributed by atoms with Gasteiger partial charge in [0.05, 0.1) is 10.5 Å². The SMILES string of the molecule is CC1CN(S(=O)(=O)c2ccccc2C(F)(F)F)C(C)CN1Cc1cc2c(cc1O)CC[C@@H]1[C@@H]2CC[C@]2(C)C(=O)CC[C@@H]12. The molecule has 0 aromatic heterocycles. The lowest BCUT2D eigenvalue weighted by Gasteiger charge is -2.48. The van der Waals surface area contributed by atoms with Crippen LogP contribution in [0.15, 0.2) is 41.3 Å². The molecule has 6 nitrogen and oxygen atoms in total. The third-order valence-electron chi connectivity index (χ3n) is 10.8. The minimum absolute atomic E-state index is 0.0420. The number of alkyl halides is 3. The van der Waals surface area contributed by atoms with Crippen molar-refractivity contribution in [3.8, 4) is 5.75 Å². The van der Waals surface area contributed by atoms with Gasteiger partial charge in [-0.3, -0.25) is 9.69 Å². The molecule has 42 heavy (non-hydrogen) atoms. The molecule has 1 aliphatic heterocycles. The number of phenolic OH excluding ortho intramolecular Hbond substituents is 1. The Morgan fingerprint density at radius 1 is 1.02 bits per heavy atom. The van der Waals surface area contributed by atoms with Crippen molar-refractivity contribution in [2.45, 2.75) is 94.9 Å². The maximum Gasteiger partial charge on any atom is 0.417 e. The van der Waals surface area contributed by atoms with Crippen molar-refractivity contribution in [1.82, 2.24) is 9.21 Å². The fourth-order valence-electron chi connectivity index (χ4n) is 8.55. The molecule has 228 valence electrons. The van der Waals surface area contributed by atoms with E-state index in [1.54, 1.807) is 6.92 Å². The molecule has 1 N–H and O–H groups in total. The minimum Gasteiger partial charge on any atom is -0.508 e. The molecule has 0 bridgehead atoms. The number of phenols is 1. The monoisotopic (exact) mass is 604 g/mol. The second-order valence-electron chi connectivity index (χ2n) is 13.2. The highest BCUT2D eigenvalue weighted by Gasteiger charge is 2.54.